The van der Waals surface area contributed by atoms with Crippen LogP contribution in [0.2, 0.25) is 0 Å². The van der Waals surface area contributed by atoms with Gasteiger partial charge in [-0.25, -0.2) is 4.39 Å². The summed E-state index contributed by atoms with van der Waals surface area (Å²) in [6.07, 6.45) is 7.29. The van der Waals surface area contributed by atoms with Crippen LogP contribution in [-0.4, -0.2) is 39.2 Å². The van der Waals surface area contributed by atoms with Gasteiger partial charge in [0.15, 0.2) is 11.6 Å². The van der Waals surface area contributed by atoms with E-state index in [0.717, 1.165) is 11.3 Å². The van der Waals surface area contributed by atoms with E-state index in [1.54, 1.807) is 29.2 Å². The zero-order valence-corrected chi connectivity index (χ0v) is 15.3. The first-order valence-corrected chi connectivity index (χ1v) is 8.35. The maximum absolute atomic E-state index is 13.3. The van der Waals surface area contributed by atoms with Crippen LogP contribution >= 0.6 is 0 Å². The summed E-state index contributed by atoms with van der Waals surface area (Å²) in [6.45, 7) is 1.93. The number of benzene rings is 1. The summed E-state index contributed by atoms with van der Waals surface area (Å²) in [6, 6.07) is 8.15. The average molecular weight is 365 g/mol. The SMILES string of the molecule is C/C=C/c1cc(Nc2nc(/C=C/c3cccc(F)c3)nc(N(C)C)n2)n[nH]1. The van der Waals surface area contributed by atoms with Crippen molar-refractivity contribution in [2.45, 2.75) is 6.92 Å². The van der Waals surface area contributed by atoms with E-state index in [0.29, 0.717) is 23.5 Å². The number of rotatable bonds is 6. The van der Waals surface area contributed by atoms with Crippen molar-refractivity contribution in [1.82, 2.24) is 25.1 Å². The monoisotopic (exact) mass is 365 g/mol. The van der Waals surface area contributed by atoms with Gasteiger partial charge in [0.05, 0.1) is 5.69 Å². The summed E-state index contributed by atoms with van der Waals surface area (Å²) in [5, 5.41) is 10.1. The first kappa shape index (κ1) is 18.2. The third kappa shape index (κ3) is 4.97. The van der Waals surface area contributed by atoms with Gasteiger partial charge < -0.3 is 10.2 Å². The fourth-order valence-electron chi connectivity index (χ4n) is 2.27. The summed E-state index contributed by atoms with van der Waals surface area (Å²) in [5.41, 5.74) is 1.59. The maximum atomic E-state index is 13.3. The number of halogens is 1. The fraction of sp³-hybridized carbons (Fsp3) is 0.158. The van der Waals surface area contributed by atoms with Gasteiger partial charge in [-0.3, -0.25) is 5.10 Å². The number of H-pyrrole nitrogens is 1. The standard InChI is InChI=1S/C19H20FN7/c1-4-6-15-12-17(26-25-15)22-18-21-16(23-19(24-18)27(2)3)10-9-13-7-5-8-14(20)11-13/h4-12H,1-3H3,(H2,21,22,23,24,25,26)/b6-4+,10-9+. The normalized spacial score (nSPS) is 11.4. The van der Waals surface area contributed by atoms with Crippen LogP contribution in [0.25, 0.3) is 18.2 Å². The minimum Gasteiger partial charge on any atom is -0.347 e. The Morgan fingerprint density at radius 1 is 1.07 bits per heavy atom. The lowest BCUT2D eigenvalue weighted by Gasteiger charge is -2.11. The second-order valence-electron chi connectivity index (χ2n) is 5.93. The quantitative estimate of drug-likeness (QED) is 0.692. The minimum absolute atomic E-state index is 0.292. The molecule has 0 saturated carbocycles. The highest BCUT2D eigenvalue weighted by molar-refractivity contribution is 5.67. The van der Waals surface area contributed by atoms with Crippen molar-refractivity contribution < 1.29 is 4.39 Å². The predicted octanol–water partition coefficient (Wildman–Crippen LogP) is 3.75. The number of anilines is 3. The molecular weight excluding hydrogens is 345 g/mol. The van der Waals surface area contributed by atoms with E-state index in [4.69, 9.17) is 0 Å². The molecule has 3 aromatic rings. The molecule has 0 unspecified atom stereocenters. The van der Waals surface area contributed by atoms with Gasteiger partial charge in [-0.2, -0.15) is 20.1 Å². The van der Waals surface area contributed by atoms with Crippen LogP contribution in [0.1, 0.15) is 24.0 Å². The lowest BCUT2D eigenvalue weighted by molar-refractivity contribution is 0.627. The lowest BCUT2D eigenvalue weighted by atomic mass is 10.2. The fourth-order valence-corrected chi connectivity index (χ4v) is 2.27. The Kier molecular flexibility index (Phi) is 5.55. The molecule has 0 bridgehead atoms. The number of hydrogen-bond acceptors (Lipinski definition) is 6. The van der Waals surface area contributed by atoms with Crippen molar-refractivity contribution >= 4 is 35.9 Å². The van der Waals surface area contributed by atoms with Crippen LogP contribution in [-0.2, 0) is 0 Å². The number of nitrogens with one attached hydrogen (secondary N) is 2. The molecule has 0 saturated heterocycles. The summed E-state index contributed by atoms with van der Waals surface area (Å²) < 4.78 is 13.3. The highest BCUT2D eigenvalue weighted by Crippen LogP contribution is 2.16. The molecule has 0 aliphatic heterocycles. The van der Waals surface area contributed by atoms with Gasteiger partial charge >= 0.3 is 0 Å². The van der Waals surface area contributed by atoms with E-state index in [9.17, 15) is 4.39 Å². The van der Waals surface area contributed by atoms with Gasteiger partial charge in [0.2, 0.25) is 11.9 Å². The van der Waals surface area contributed by atoms with Gasteiger partial charge in [-0.15, -0.1) is 0 Å². The highest BCUT2D eigenvalue weighted by atomic mass is 19.1. The molecule has 138 valence electrons. The van der Waals surface area contributed by atoms with Crippen molar-refractivity contribution in [3.63, 3.8) is 0 Å². The van der Waals surface area contributed by atoms with Crippen LogP contribution < -0.4 is 10.2 Å². The molecule has 0 spiro atoms. The third-order valence-electron chi connectivity index (χ3n) is 3.50. The first-order chi connectivity index (χ1) is 13.0. The van der Waals surface area contributed by atoms with Crippen molar-refractivity contribution in [3.8, 4) is 0 Å². The minimum atomic E-state index is -0.292. The van der Waals surface area contributed by atoms with E-state index in [-0.39, 0.29) is 5.82 Å². The second-order valence-corrected chi connectivity index (χ2v) is 5.93. The molecule has 0 fully saturated rings. The van der Waals surface area contributed by atoms with Crippen molar-refractivity contribution in [3.05, 3.63) is 59.3 Å². The molecule has 3 rings (SSSR count). The van der Waals surface area contributed by atoms with E-state index < -0.39 is 0 Å². The van der Waals surface area contributed by atoms with Crippen molar-refractivity contribution in [2.75, 3.05) is 24.3 Å². The lowest BCUT2D eigenvalue weighted by Crippen LogP contribution is -2.15. The second kappa shape index (κ2) is 8.22. The van der Waals surface area contributed by atoms with Crippen LogP contribution in [0.5, 0.6) is 0 Å². The molecule has 27 heavy (non-hydrogen) atoms. The third-order valence-corrected chi connectivity index (χ3v) is 3.50. The van der Waals surface area contributed by atoms with Gasteiger partial charge in [0.1, 0.15) is 5.82 Å². The van der Waals surface area contributed by atoms with E-state index in [1.165, 1.54) is 12.1 Å². The predicted molar refractivity (Wildman–Crippen MR) is 106 cm³/mol. The molecule has 1 aromatic carbocycles. The summed E-state index contributed by atoms with van der Waals surface area (Å²) in [5.74, 6) is 1.62. The Labute approximate surface area is 156 Å². The topological polar surface area (TPSA) is 82.6 Å². The number of hydrogen-bond donors (Lipinski definition) is 2. The smallest absolute Gasteiger partial charge is 0.233 e. The summed E-state index contributed by atoms with van der Waals surface area (Å²) >= 11 is 0. The van der Waals surface area contributed by atoms with Crippen LogP contribution in [0.15, 0.2) is 36.4 Å². The summed E-state index contributed by atoms with van der Waals surface area (Å²) in [7, 11) is 3.69. The molecule has 2 heterocycles. The van der Waals surface area contributed by atoms with Gasteiger partial charge in [-0.05, 0) is 36.8 Å². The first-order valence-electron chi connectivity index (χ1n) is 8.35. The Balaban J connectivity index is 1.87. The Morgan fingerprint density at radius 3 is 2.67 bits per heavy atom. The van der Waals surface area contributed by atoms with Crippen LogP contribution in [0, 0.1) is 5.82 Å². The number of aromatic amines is 1. The number of nitrogens with zero attached hydrogens (tertiary/aromatic N) is 5. The molecule has 2 N–H and O–H groups in total. The molecule has 7 nitrogen and oxygen atoms in total. The molecular formula is C19H20FN7. The largest absolute Gasteiger partial charge is 0.347 e. The Bertz CT molecular complexity index is 976. The van der Waals surface area contributed by atoms with Crippen molar-refractivity contribution in [2.24, 2.45) is 0 Å². The zero-order valence-electron chi connectivity index (χ0n) is 15.3. The van der Waals surface area contributed by atoms with Crippen LogP contribution in [0.3, 0.4) is 0 Å². The van der Waals surface area contributed by atoms with E-state index in [1.807, 2.05) is 39.2 Å². The Morgan fingerprint density at radius 2 is 1.93 bits per heavy atom. The molecule has 8 heteroatoms. The molecule has 0 amide bonds. The van der Waals surface area contributed by atoms with E-state index >= 15 is 0 Å². The van der Waals surface area contributed by atoms with Gasteiger partial charge in [-0.1, -0.05) is 24.3 Å². The molecule has 0 aliphatic rings. The number of allylic oxidation sites excluding steroid dienone is 1. The van der Waals surface area contributed by atoms with Gasteiger partial charge in [0.25, 0.3) is 0 Å². The van der Waals surface area contributed by atoms with Crippen molar-refractivity contribution in [1.29, 1.82) is 0 Å². The number of aromatic nitrogens is 5. The van der Waals surface area contributed by atoms with Gasteiger partial charge in [0, 0.05) is 20.2 Å². The average Bonchev–Trinajstić information content (AvgIpc) is 3.07. The molecule has 0 radical (unpaired) electrons. The Hall–Kier alpha value is -3.55. The van der Waals surface area contributed by atoms with Crippen LogP contribution in [0.4, 0.5) is 22.1 Å². The molecule has 0 atom stereocenters. The maximum Gasteiger partial charge on any atom is 0.233 e. The zero-order chi connectivity index (χ0) is 19.2. The molecule has 0 aliphatic carbocycles. The highest BCUT2D eigenvalue weighted by Gasteiger charge is 2.08. The molecule has 2 aromatic heterocycles. The van der Waals surface area contributed by atoms with E-state index in [2.05, 4.69) is 30.5 Å². The summed E-state index contributed by atoms with van der Waals surface area (Å²) in [4.78, 5) is 14.9.